The third-order valence-corrected chi connectivity index (χ3v) is 3.26. The Balaban J connectivity index is 3.18. The Kier molecular flexibility index (Phi) is 6.85. The van der Waals surface area contributed by atoms with E-state index < -0.39 is 0 Å². The summed E-state index contributed by atoms with van der Waals surface area (Å²) in [6.45, 7) is 15.5. The molecule has 0 saturated heterocycles. The Morgan fingerprint density at radius 1 is 1.38 bits per heavy atom. The van der Waals surface area contributed by atoms with E-state index in [-0.39, 0.29) is 12.0 Å². The van der Waals surface area contributed by atoms with Crippen molar-refractivity contribution in [3.8, 4) is 0 Å². The van der Waals surface area contributed by atoms with Gasteiger partial charge in [0, 0.05) is 30.7 Å². The Morgan fingerprint density at radius 2 is 2.10 bits per heavy atom. The van der Waals surface area contributed by atoms with Crippen molar-refractivity contribution in [3.05, 3.63) is 36.0 Å². The molecule has 1 aromatic rings. The minimum absolute atomic E-state index is 0.00393. The van der Waals surface area contributed by atoms with Crippen LogP contribution in [0.4, 0.5) is 5.82 Å². The van der Waals surface area contributed by atoms with Gasteiger partial charge in [0.05, 0.1) is 6.61 Å². The Labute approximate surface area is 128 Å². The smallest absolute Gasteiger partial charge is 0.129 e. The van der Waals surface area contributed by atoms with Gasteiger partial charge in [0.25, 0.3) is 0 Å². The molecule has 1 heterocycles. The summed E-state index contributed by atoms with van der Waals surface area (Å²) in [6, 6.07) is 4.26. The van der Waals surface area contributed by atoms with E-state index in [1.165, 1.54) is 5.56 Å². The van der Waals surface area contributed by atoms with Gasteiger partial charge in [0.2, 0.25) is 0 Å². The fraction of sp³-hybridized carbons (Fsp3) is 0.588. The number of aromatic nitrogens is 1. The molecule has 0 aromatic carbocycles. The van der Waals surface area contributed by atoms with Crippen LogP contribution in [-0.4, -0.2) is 36.3 Å². The molecule has 0 atom stereocenters. The number of hydrogen-bond donors (Lipinski definition) is 2. The summed E-state index contributed by atoms with van der Waals surface area (Å²) in [4.78, 5) is 6.84. The molecule has 4 heteroatoms. The maximum atomic E-state index is 9.25. The lowest BCUT2D eigenvalue weighted by Crippen LogP contribution is -2.29. The van der Waals surface area contributed by atoms with Crippen LogP contribution in [0.15, 0.2) is 24.8 Å². The number of rotatable bonds is 8. The molecule has 2 N–H and O–H groups in total. The molecule has 1 rings (SSSR count). The third-order valence-electron chi connectivity index (χ3n) is 3.26. The molecule has 21 heavy (non-hydrogen) atoms. The Bertz CT molecular complexity index is 452. The monoisotopic (exact) mass is 291 g/mol. The topological polar surface area (TPSA) is 48.4 Å². The van der Waals surface area contributed by atoms with E-state index in [0.29, 0.717) is 13.1 Å². The van der Waals surface area contributed by atoms with Gasteiger partial charge in [0.1, 0.15) is 5.82 Å². The van der Waals surface area contributed by atoms with Crippen LogP contribution in [0.3, 0.4) is 0 Å². The molecule has 0 saturated carbocycles. The van der Waals surface area contributed by atoms with Gasteiger partial charge in [-0.25, -0.2) is 4.98 Å². The molecule has 1 aromatic heterocycles. The fourth-order valence-corrected chi connectivity index (χ4v) is 2.06. The van der Waals surface area contributed by atoms with E-state index in [9.17, 15) is 5.11 Å². The molecule has 118 valence electrons. The van der Waals surface area contributed by atoms with Crippen LogP contribution in [0.1, 0.15) is 39.0 Å². The molecule has 0 aliphatic carbocycles. The van der Waals surface area contributed by atoms with Crippen LogP contribution >= 0.6 is 0 Å². The average Bonchev–Trinajstić information content (AvgIpc) is 2.43. The number of nitrogens with one attached hydrogen (secondary N) is 1. The van der Waals surface area contributed by atoms with E-state index in [1.807, 2.05) is 6.08 Å². The Hall–Kier alpha value is -1.39. The van der Waals surface area contributed by atoms with Crippen LogP contribution in [0.25, 0.3) is 0 Å². The maximum absolute atomic E-state index is 9.25. The molecule has 0 amide bonds. The van der Waals surface area contributed by atoms with Crippen LogP contribution < -0.4 is 10.2 Å². The highest BCUT2D eigenvalue weighted by molar-refractivity contribution is 5.44. The predicted octanol–water partition coefficient (Wildman–Crippen LogP) is 2.47. The van der Waals surface area contributed by atoms with E-state index in [2.05, 4.69) is 56.6 Å². The van der Waals surface area contributed by atoms with Crippen LogP contribution in [0.2, 0.25) is 0 Å². The van der Waals surface area contributed by atoms with Crippen molar-refractivity contribution in [2.75, 3.05) is 31.1 Å². The van der Waals surface area contributed by atoms with Gasteiger partial charge >= 0.3 is 0 Å². The Morgan fingerprint density at radius 3 is 2.62 bits per heavy atom. The van der Waals surface area contributed by atoms with E-state index in [0.717, 1.165) is 24.6 Å². The first-order valence-electron chi connectivity index (χ1n) is 7.61. The van der Waals surface area contributed by atoms with Crippen molar-refractivity contribution in [1.29, 1.82) is 0 Å². The SMILES string of the molecule is C=CCN(CCO)c1cc(CNCC)cc(C(C)(C)C)n1. The fourth-order valence-electron chi connectivity index (χ4n) is 2.06. The van der Waals surface area contributed by atoms with Gasteiger partial charge in [-0.1, -0.05) is 33.8 Å². The van der Waals surface area contributed by atoms with Gasteiger partial charge < -0.3 is 15.3 Å². The summed E-state index contributed by atoms with van der Waals surface area (Å²) in [5.74, 6) is 0.907. The van der Waals surface area contributed by atoms with E-state index in [1.54, 1.807) is 0 Å². The van der Waals surface area contributed by atoms with Crippen molar-refractivity contribution >= 4 is 5.82 Å². The van der Waals surface area contributed by atoms with Crippen molar-refractivity contribution in [3.63, 3.8) is 0 Å². The lowest BCUT2D eigenvalue weighted by atomic mass is 9.90. The largest absolute Gasteiger partial charge is 0.395 e. The van der Waals surface area contributed by atoms with Crippen LogP contribution in [0, 0.1) is 0 Å². The lowest BCUT2D eigenvalue weighted by molar-refractivity contribution is 0.302. The highest BCUT2D eigenvalue weighted by atomic mass is 16.3. The van der Waals surface area contributed by atoms with E-state index in [4.69, 9.17) is 4.98 Å². The second-order valence-electron chi connectivity index (χ2n) is 6.21. The number of nitrogens with zero attached hydrogens (tertiary/aromatic N) is 2. The normalized spacial score (nSPS) is 11.5. The summed E-state index contributed by atoms with van der Waals surface area (Å²) in [7, 11) is 0. The third kappa shape index (κ3) is 5.48. The first-order chi connectivity index (χ1) is 9.92. The van der Waals surface area contributed by atoms with Crippen LogP contribution in [-0.2, 0) is 12.0 Å². The molecule has 0 aliphatic heterocycles. The lowest BCUT2D eigenvalue weighted by Gasteiger charge is -2.26. The maximum Gasteiger partial charge on any atom is 0.129 e. The second kappa shape index (κ2) is 8.15. The van der Waals surface area contributed by atoms with Crippen molar-refractivity contribution < 1.29 is 5.11 Å². The summed E-state index contributed by atoms with van der Waals surface area (Å²) < 4.78 is 0. The van der Waals surface area contributed by atoms with Crippen molar-refractivity contribution in [2.24, 2.45) is 0 Å². The number of anilines is 1. The molecular weight excluding hydrogens is 262 g/mol. The van der Waals surface area contributed by atoms with Crippen molar-refractivity contribution in [1.82, 2.24) is 10.3 Å². The summed E-state index contributed by atoms with van der Waals surface area (Å²) >= 11 is 0. The molecule has 4 nitrogen and oxygen atoms in total. The predicted molar refractivity (Wildman–Crippen MR) is 89.8 cm³/mol. The molecule has 0 radical (unpaired) electrons. The molecule has 0 unspecified atom stereocenters. The minimum Gasteiger partial charge on any atom is -0.395 e. The first kappa shape index (κ1) is 17.7. The van der Waals surface area contributed by atoms with Crippen molar-refractivity contribution in [2.45, 2.75) is 39.7 Å². The molecule has 0 spiro atoms. The summed E-state index contributed by atoms with van der Waals surface area (Å²) in [6.07, 6.45) is 1.84. The summed E-state index contributed by atoms with van der Waals surface area (Å²) in [5, 5.41) is 12.6. The highest BCUT2D eigenvalue weighted by Crippen LogP contribution is 2.25. The molecule has 0 fully saturated rings. The van der Waals surface area contributed by atoms with Gasteiger partial charge in [-0.05, 0) is 24.2 Å². The zero-order valence-electron chi connectivity index (χ0n) is 13.8. The van der Waals surface area contributed by atoms with Crippen LogP contribution in [0.5, 0.6) is 0 Å². The standard InChI is InChI=1S/C17H29N3O/c1-6-8-20(9-10-21)16-12-14(13-18-7-2)11-15(19-16)17(3,4)5/h6,11-12,18,21H,1,7-10,13H2,2-5H3. The zero-order chi connectivity index (χ0) is 15.9. The number of pyridine rings is 1. The highest BCUT2D eigenvalue weighted by Gasteiger charge is 2.18. The zero-order valence-corrected chi connectivity index (χ0v) is 13.8. The quantitative estimate of drug-likeness (QED) is 0.722. The average molecular weight is 291 g/mol. The number of aliphatic hydroxyl groups is 1. The first-order valence-corrected chi connectivity index (χ1v) is 7.61. The van der Waals surface area contributed by atoms with Gasteiger partial charge in [0.15, 0.2) is 0 Å². The number of hydrogen-bond acceptors (Lipinski definition) is 4. The molecule has 0 bridgehead atoms. The number of aliphatic hydroxyl groups excluding tert-OH is 1. The minimum atomic E-state index is -0.00393. The van der Waals surface area contributed by atoms with Gasteiger partial charge in [-0.3, -0.25) is 0 Å². The molecular formula is C17H29N3O. The van der Waals surface area contributed by atoms with Gasteiger partial charge in [-0.2, -0.15) is 0 Å². The van der Waals surface area contributed by atoms with Gasteiger partial charge in [-0.15, -0.1) is 6.58 Å². The molecule has 0 aliphatic rings. The summed E-state index contributed by atoms with van der Waals surface area (Å²) in [5.41, 5.74) is 2.29. The van der Waals surface area contributed by atoms with E-state index >= 15 is 0 Å². The second-order valence-corrected chi connectivity index (χ2v) is 6.21.